The number of pyridine rings is 1. The zero-order valence-electron chi connectivity index (χ0n) is 14.5. The van der Waals surface area contributed by atoms with Gasteiger partial charge in [-0.1, -0.05) is 25.0 Å². The van der Waals surface area contributed by atoms with Gasteiger partial charge in [-0.25, -0.2) is 0 Å². The molecule has 0 unspecified atom stereocenters. The highest BCUT2D eigenvalue weighted by atomic mass is 16.2. The number of amides is 1. The largest absolute Gasteiger partial charge is 0.354 e. The van der Waals surface area contributed by atoms with Crippen LogP contribution in [0.5, 0.6) is 0 Å². The van der Waals surface area contributed by atoms with Crippen LogP contribution < -0.4 is 5.32 Å². The number of carbonyl (C=O) groups is 2. The molecule has 130 valence electrons. The van der Waals surface area contributed by atoms with E-state index in [0.717, 1.165) is 37.3 Å². The topological polar surface area (TPSA) is 62.3 Å². The molecule has 1 aromatic carbocycles. The first-order chi connectivity index (χ1) is 12.1. The van der Waals surface area contributed by atoms with Crippen molar-refractivity contribution in [1.29, 1.82) is 0 Å². The number of hydrogen-bond acceptors (Lipinski definition) is 4. The van der Waals surface area contributed by atoms with E-state index in [2.05, 4.69) is 10.3 Å². The zero-order valence-corrected chi connectivity index (χ0v) is 14.5. The number of Topliss-reactive ketones (excluding diaryl/α,β-unsaturated/α-hetero) is 1. The van der Waals surface area contributed by atoms with Gasteiger partial charge in [0.05, 0.1) is 17.4 Å². The molecule has 25 heavy (non-hydrogen) atoms. The van der Waals surface area contributed by atoms with Crippen LogP contribution >= 0.6 is 0 Å². The van der Waals surface area contributed by atoms with E-state index in [-0.39, 0.29) is 11.7 Å². The molecule has 2 heterocycles. The van der Waals surface area contributed by atoms with E-state index in [4.69, 9.17) is 0 Å². The van der Waals surface area contributed by atoms with Crippen LogP contribution in [0.25, 0.3) is 0 Å². The maximum absolute atomic E-state index is 12.7. The van der Waals surface area contributed by atoms with Crippen molar-refractivity contribution in [3.05, 3.63) is 53.9 Å². The Morgan fingerprint density at radius 2 is 1.68 bits per heavy atom. The van der Waals surface area contributed by atoms with Gasteiger partial charge >= 0.3 is 0 Å². The minimum Gasteiger partial charge on any atom is -0.354 e. The summed E-state index contributed by atoms with van der Waals surface area (Å²) in [6.07, 6.45) is 7.81. The summed E-state index contributed by atoms with van der Waals surface area (Å²) in [5, 5.41) is 3.22. The van der Waals surface area contributed by atoms with Crippen molar-refractivity contribution >= 4 is 23.1 Å². The molecule has 1 aliphatic rings. The molecule has 5 nitrogen and oxygen atoms in total. The molecule has 1 fully saturated rings. The fraction of sp³-hybridized carbons (Fsp3) is 0.350. The molecular formula is C20H23N3O2. The summed E-state index contributed by atoms with van der Waals surface area (Å²) >= 11 is 0. The lowest BCUT2D eigenvalue weighted by molar-refractivity contribution is 0.0761. The predicted molar refractivity (Wildman–Crippen MR) is 98.3 cm³/mol. The second-order valence-electron chi connectivity index (χ2n) is 6.43. The van der Waals surface area contributed by atoms with E-state index in [1.165, 1.54) is 12.8 Å². The van der Waals surface area contributed by atoms with Crippen LogP contribution in [-0.2, 0) is 0 Å². The summed E-state index contributed by atoms with van der Waals surface area (Å²) in [5.41, 5.74) is 2.78. The van der Waals surface area contributed by atoms with Gasteiger partial charge in [-0.2, -0.15) is 0 Å². The standard InChI is InChI=1S/C20H23N3O2/c1-15(24)16-7-6-8-18(11-16)22-19-12-17(13-21-14-19)20(25)23-9-4-2-3-5-10-23/h6-8,11-14,22H,2-5,9-10H2,1H3. The van der Waals surface area contributed by atoms with Crippen molar-refractivity contribution in [3.63, 3.8) is 0 Å². The molecule has 2 aromatic rings. The molecule has 1 saturated heterocycles. The third-order valence-electron chi connectivity index (χ3n) is 4.44. The van der Waals surface area contributed by atoms with Crippen LogP contribution in [0.1, 0.15) is 53.3 Å². The number of benzene rings is 1. The summed E-state index contributed by atoms with van der Waals surface area (Å²) < 4.78 is 0. The van der Waals surface area contributed by atoms with Gasteiger partial charge in [0, 0.05) is 30.5 Å². The van der Waals surface area contributed by atoms with Crippen LogP contribution in [0.4, 0.5) is 11.4 Å². The van der Waals surface area contributed by atoms with Gasteiger partial charge in [-0.15, -0.1) is 0 Å². The maximum atomic E-state index is 12.7. The van der Waals surface area contributed by atoms with Gasteiger partial charge in [-0.05, 0) is 38.0 Å². The second kappa shape index (κ2) is 7.92. The van der Waals surface area contributed by atoms with E-state index in [9.17, 15) is 9.59 Å². The van der Waals surface area contributed by atoms with Crippen LogP contribution in [0, 0.1) is 0 Å². The van der Waals surface area contributed by atoms with Gasteiger partial charge in [0.2, 0.25) is 0 Å². The number of aromatic nitrogens is 1. The minimum atomic E-state index is 0.0202. The first-order valence-corrected chi connectivity index (χ1v) is 8.76. The van der Waals surface area contributed by atoms with Crippen molar-refractivity contribution in [3.8, 4) is 0 Å². The van der Waals surface area contributed by atoms with E-state index in [0.29, 0.717) is 11.1 Å². The van der Waals surface area contributed by atoms with Crippen molar-refractivity contribution < 1.29 is 9.59 Å². The third kappa shape index (κ3) is 4.44. The molecule has 5 heteroatoms. The fourth-order valence-electron chi connectivity index (χ4n) is 3.06. The molecule has 3 rings (SSSR count). The Morgan fingerprint density at radius 3 is 2.40 bits per heavy atom. The van der Waals surface area contributed by atoms with Crippen LogP contribution in [0.3, 0.4) is 0 Å². The molecular weight excluding hydrogens is 314 g/mol. The highest BCUT2D eigenvalue weighted by Gasteiger charge is 2.17. The number of rotatable bonds is 4. The lowest BCUT2D eigenvalue weighted by Crippen LogP contribution is -2.31. The Morgan fingerprint density at radius 1 is 0.960 bits per heavy atom. The molecule has 0 radical (unpaired) electrons. The van der Waals surface area contributed by atoms with Gasteiger partial charge in [0.15, 0.2) is 5.78 Å². The molecule has 1 N–H and O–H groups in total. The summed E-state index contributed by atoms with van der Waals surface area (Å²) in [6.45, 7) is 3.18. The number of ketones is 1. The first-order valence-electron chi connectivity index (χ1n) is 8.76. The maximum Gasteiger partial charge on any atom is 0.255 e. The van der Waals surface area contributed by atoms with Gasteiger partial charge in [-0.3, -0.25) is 14.6 Å². The Labute approximate surface area is 148 Å². The zero-order chi connectivity index (χ0) is 17.6. The Bertz CT molecular complexity index is 765. The van der Waals surface area contributed by atoms with E-state index in [1.807, 2.05) is 23.1 Å². The van der Waals surface area contributed by atoms with Gasteiger partial charge in [0.25, 0.3) is 5.91 Å². The van der Waals surface area contributed by atoms with Crippen molar-refractivity contribution in [2.45, 2.75) is 32.6 Å². The first kappa shape index (κ1) is 17.1. The Balaban J connectivity index is 1.76. The average Bonchev–Trinajstić information content (AvgIpc) is 2.91. The number of nitrogens with zero attached hydrogens (tertiary/aromatic N) is 2. The molecule has 1 aromatic heterocycles. The van der Waals surface area contributed by atoms with E-state index >= 15 is 0 Å². The summed E-state index contributed by atoms with van der Waals surface area (Å²) in [4.78, 5) is 30.3. The molecule has 0 atom stereocenters. The minimum absolute atomic E-state index is 0.0202. The number of likely N-dealkylation sites (tertiary alicyclic amines) is 1. The van der Waals surface area contributed by atoms with E-state index < -0.39 is 0 Å². The summed E-state index contributed by atoms with van der Waals surface area (Å²) in [6, 6.07) is 9.12. The van der Waals surface area contributed by atoms with E-state index in [1.54, 1.807) is 31.5 Å². The van der Waals surface area contributed by atoms with Gasteiger partial charge in [0.1, 0.15) is 0 Å². The predicted octanol–water partition coefficient (Wildman–Crippen LogP) is 4.04. The number of anilines is 2. The molecule has 0 bridgehead atoms. The Hall–Kier alpha value is -2.69. The summed E-state index contributed by atoms with van der Waals surface area (Å²) in [5.74, 6) is 0.0578. The highest BCUT2D eigenvalue weighted by molar-refractivity contribution is 5.96. The molecule has 0 spiro atoms. The van der Waals surface area contributed by atoms with Crippen LogP contribution in [0.15, 0.2) is 42.7 Å². The van der Waals surface area contributed by atoms with Crippen LogP contribution in [0.2, 0.25) is 0 Å². The van der Waals surface area contributed by atoms with Gasteiger partial charge < -0.3 is 10.2 Å². The average molecular weight is 337 g/mol. The quantitative estimate of drug-likeness (QED) is 0.855. The van der Waals surface area contributed by atoms with Crippen molar-refractivity contribution in [1.82, 2.24) is 9.88 Å². The lowest BCUT2D eigenvalue weighted by atomic mass is 10.1. The molecule has 0 saturated carbocycles. The van der Waals surface area contributed by atoms with Crippen LogP contribution in [-0.4, -0.2) is 34.7 Å². The van der Waals surface area contributed by atoms with Crippen molar-refractivity contribution in [2.24, 2.45) is 0 Å². The normalized spacial score (nSPS) is 14.7. The number of nitrogens with one attached hydrogen (secondary N) is 1. The highest BCUT2D eigenvalue weighted by Crippen LogP contribution is 2.20. The lowest BCUT2D eigenvalue weighted by Gasteiger charge is -2.20. The SMILES string of the molecule is CC(=O)c1cccc(Nc2cncc(C(=O)N3CCCCCC3)c2)c1. The third-order valence-corrected chi connectivity index (χ3v) is 4.44. The molecule has 0 aliphatic carbocycles. The number of carbonyl (C=O) groups excluding carboxylic acids is 2. The molecule has 1 aliphatic heterocycles. The second-order valence-corrected chi connectivity index (χ2v) is 6.43. The number of hydrogen-bond donors (Lipinski definition) is 1. The molecule has 1 amide bonds. The summed E-state index contributed by atoms with van der Waals surface area (Å²) in [7, 11) is 0. The smallest absolute Gasteiger partial charge is 0.255 e. The fourth-order valence-corrected chi connectivity index (χ4v) is 3.06. The van der Waals surface area contributed by atoms with Crippen molar-refractivity contribution in [2.75, 3.05) is 18.4 Å². The Kier molecular flexibility index (Phi) is 5.43. The monoisotopic (exact) mass is 337 g/mol.